The molecule has 0 aliphatic rings. The molecule has 0 fully saturated rings. The van der Waals surface area contributed by atoms with Crippen molar-refractivity contribution in [2.75, 3.05) is 13.6 Å². The zero-order chi connectivity index (χ0) is 24.6. The molecule has 0 aromatic heterocycles. The van der Waals surface area contributed by atoms with Gasteiger partial charge in [0.15, 0.2) is 5.60 Å². The van der Waals surface area contributed by atoms with Gasteiger partial charge >= 0.3 is 6.18 Å². The second-order valence-corrected chi connectivity index (χ2v) is 8.78. The van der Waals surface area contributed by atoms with Crippen molar-refractivity contribution >= 4 is 0 Å². The highest BCUT2D eigenvalue weighted by Crippen LogP contribution is 2.38. The number of halogens is 3. The van der Waals surface area contributed by atoms with Crippen molar-refractivity contribution in [1.29, 1.82) is 0 Å². The average molecular weight is 465 g/mol. The highest BCUT2D eigenvalue weighted by atomic mass is 19.4. The second kappa shape index (κ2) is 11.7. The maximum absolute atomic E-state index is 13.0. The SMILES string of the molecule is CN/C=C\C(O)[C@@H](C)C(C)CCNCc1ccc(-c2ccc(C(C)(O)C(F)(F)F)cc2)cc1. The highest BCUT2D eigenvalue weighted by molar-refractivity contribution is 5.64. The molecule has 182 valence electrons. The third-order valence-corrected chi connectivity index (χ3v) is 6.29. The molecule has 0 radical (unpaired) electrons. The first-order valence-electron chi connectivity index (χ1n) is 11.2. The summed E-state index contributed by atoms with van der Waals surface area (Å²) in [5, 5.41) is 26.3. The summed E-state index contributed by atoms with van der Waals surface area (Å²) in [6, 6.07) is 13.6. The minimum absolute atomic E-state index is 0.155. The van der Waals surface area contributed by atoms with Gasteiger partial charge in [-0.05, 0) is 66.3 Å². The zero-order valence-electron chi connectivity index (χ0n) is 19.7. The van der Waals surface area contributed by atoms with Crippen molar-refractivity contribution in [3.05, 3.63) is 71.9 Å². The Kier molecular flexibility index (Phi) is 9.52. The lowest BCUT2D eigenvalue weighted by Gasteiger charge is -2.26. The van der Waals surface area contributed by atoms with Crippen molar-refractivity contribution in [1.82, 2.24) is 10.6 Å². The molecule has 0 saturated heterocycles. The predicted octanol–water partition coefficient (Wildman–Crippen LogP) is 4.97. The van der Waals surface area contributed by atoms with Crippen LogP contribution in [0.25, 0.3) is 11.1 Å². The van der Waals surface area contributed by atoms with E-state index in [1.54, 1.807) is 31.5 Å². The molecule has 0 saturated carbocycles. The van der Waals surface area contributed by atoms with E-state index in [4.69, 9.17) is 0 Å². The average Bonchev–Trinajstić information content (AvgIpc) is 2.79. The van der Waals surface area contributed by atoms with Gasteiger partial charge in [-0.3, -0.25) is 0 Å². The van der Waals surface area contributed by atoms with Crippen LogP contribution in [-0.4, -0.2) is 36.1 Å². The third-order valence-electron chi connectivity index (χ3n) is 6.29. The first-order chi connectivity index (χ1) is 15.5. The molecule has 0 spiro atoms. The lowest BCUT2D eigenvalue weighted by Crippen LogP contribution is -2.39. The van der Waals surface area contributed by atoms with E-state index in [0.29, 0.717) is 12.5 Å². The molecule has 7 heteroatoms. The van der Waals surface area contributed by atoms with Crippen molar-refractivity contribution in [2.24, 2.45) is 11.8 Å². The summed E-state index contributed by atoms with van der Waals surface area (Å²) < 4.78 is 39.0. The molecule has 0 heterocycles. The number of rotatable bonds is 11. The maximum Gasteiger partial charge on any atom is 0.421 e. The Morgan fingerprint density at radius 1 is 0.970 bits per heavy atom. The monoisotopic (exact) mass is 464 g/mol. The molecule has 0 aliphatic heterocycles. The highest BCUT2D eigenvalue weighted by Gasteiger charge is 2.51. The van der Waals surface area contributed by atoms with Crippen LogP contribution in [0.15, 0.2) is 60.8 Å². The largest absolute Gasteiger partial charge is 0.421 e. The van der Waals surface area contributed by atoms with Crippen molar-refractivity contribution < 1.29 is 23.4 Å². The zero-order valence-corrected chi connectivity index (χ0v) is 19.7. The molecule has 0 bridgehead atoms. The summed E-state index contributed by atoms with van der Waals surface area (Å²) in [4.78, 5) is 0. The van der Waals surface area contributed by atoms with E-state index in [1.165, 1.54) is 12.1 Å². The number of nitrogens with one attached hydrogen (secondary N) is 2. The molecule has 2 rings (SSSR count). The van der Waals surface area contributed by atoms with E-state index in [9.17, 15) is 23.4 Å². The summed E-state index contributed by atoms with van der Waals surface area (Å²) in [5.41, 5.74) is -0.285. The van der Waals surface area contributed by atoms with Crippen LogP contribution in [0.2, 0.25) is 0 Å². The Hall–Kier alpha value is -2.35. The van der Waals surface area contributed by atoms with Gasteiger partial charge in [-0.15, -0.1) is 0 Å². The Morgan fingerprint density at radius 2 is 1.52 bits per heavy atom. The molecule has 3 unspecified atom stereocenters. The minimum Gasteiger partial charge on any atom is -0.394 e. The van der Waals surface area contributed by atoms with Crippen LogP contribution in [0, 0.1) is 11.8 Å². The quantitative estimate of drug-likeness (QED) is 0.355. The van der Waals surface area contributed by atoms with Crippen LogP contribution in [0.4, 0.5) is 13.2 Å². The molecule has 0 aliphatic carbocycles. The number of aliphatic hydroxyl groups excluding tert-OH is 1. The van der Waals surface area contributed by atoms with Crippen molar-refractivity contribution in [3.63, 3.8) is 0 Å². The lowest BCUT2D eigenvalue weighted by atomic mass is 9.88. The Labute approximate surface area is 194 Å². The standard InChI is InChI=1S/C26H35F3N2O2/c1-18(19(2)24(32)14-15-30-4)13-16-31-17-20-5-7-21(8-6-20)22-9-11-23(12-10-22)25(3,33)26(27,28)29/h5-12,14-15,18-19,24,30-33H,13,16-17H2,1-4H3/b15-14-/t18?,19-,24?,25?/m0/s1. The Bertz CT molecular complexity index is 878. The molecular formula is C26H35F3N2O2. The fraction of sp³-hybridized carbons (Fsp3) is 0.462. The second-order valence-electron chi connectivity index (χ2n) is 8.78. The lowest BCUT2D eigenvalue weighted by molar-refractivity contribution is -0.258. The van der Waals surface area contributed by atoms with Gasteiger partial charge in [-0.2, -0.15) is 13.2 Å². The van der Waals surface area contributed by atoms with E-state index < -0.39 is 17.9 Å². The molecule has 4 atom stereocenters. The number of hydrogen-bond donors (Lipinski definition) is 4. The van der Waals surface area contributed by atoms with E-state index >= 15 is 0 Å². The van der Waals surface area contributed by atoms with Crippen LogP contribution >= 0.6 is 0 Å². The molecule has 33 heavy (non-hydrogen) atoms. The topological polar surface area (TPSA) is 64.5 Å². The van der Waals surface area contributed by atoms with Crippen LogP contribution < -0.4 is 10.6 Å². The van der Waals surface area contributed by atoms with Gasteiger partial charge in [0.2, 0.25) is 0 Å². The third kappa shape index (κ3) is 7.32. The number of benzene rings is 2. The van der Waals surface area contributed by atoms with E-state index in [0.717, 1.165) is 36.6 Å². The van der Waals surface area contributed by atoms with Gasteiger partial charge in [0, 0.05) is 13.6 Å². The smallest absolute Gasteiger partial charge is 0.394 e. The summed E-state index contributed by atoms with van der Waals surface area (Å²) in [6.45, 7) is 6.48. The number of hydrogen-bond acceptors (Lipinski definition) is 4. The normalized spacial score (nSPS) is 16.9. The summed E-state index contributed by atoms with van der Waals surface area (Å²) in [5.74, 6) is 0.513. The van der Waals surface area contributed by atoms with Crippen LogP contribution in [0.3, 0.4) is 0 Å². The predicted molar refractivity (Wildman–Crippen MR) is 126 cm³/mol. The van der Waals surface area contributed by atoms with Crippen molar-refractivity contribution in [3.8, 4) is 11.1 Å². The molecule has 4 nitrogen and oxygen atoms in total. The first-order valence-corrected chi connectivity index (χ1v) is 11.2. The van der Waals surface area contributed by atoms with E-state index in [1.807, 2.05) is 31.2 Å². The number of alkyl halides is 3. The van der Waals surface area contributed by atoms with Crippen molar-refractivity contribution in [2.45, 2.75) is 51.6 Å². The molecule has 0 amide bonds. The molecule has 2 aromatic rings. The Balaban J connectivity index is 1.86. The van der Waals surface area contributed by atoms with Gasteiger partial charge in [-0.25, -0.2) is 0 Å². The minimum atomic E-state index is -4.73. The van der Waals surface area contributed by atoms with Crippen LogP contribution in [-0.2, 0) is 12.1 Å². The van der Waals surface area contributed by atoms with Gasteiger partial charge in [0.05, 0.1) is 6.10 Å². The maximum atomic E-state index is 13.0. The van der Waals surface area contributed by atoms with Gasteiger partial charge in [-0.1, -0.05) is 62.4 Å². The van der Waals surface area contributed by atoms with E-state index in [2.05, 4.69) is 17.6 Å². The fourth-order valence-electron chi connectivity index (χ4n) is 3.50. The van der Waals surface area contributed by atoms with E-state index in [-0.39, 0.29) is 11.5 Å². The summed E-state index contributed by atoms with van der Waals surface area (Å²) >= 11 is 0. The molecular weight excluding hydrogens is 429 g/mol. The van der Waals surface area contributed by atoms with Gasteiger partial charge in [0.1, 0.15) is 0 Å². The van der Waals surface area contributed by atoms with Gasteiger partial charge < -0.3 is 20.8 Å². The summed E-state index contributed by atoms with van der Waals surface area (Å²) in [7, 11) is 1.80. The fourth-order valence-corrected chi connectivity index (χ4v) is 3.50. The van der Waals surface area contributed by atoms with Gasteiger partial charge in [0.25, 0.3) is 0 Å². The Morgan fingerprint density at radius 3 is 2.03 bits per heavy atom. The molecule has 2 aromatic carbocycles. The van der Waals surface area contributed by atoms with Crippen LogP contribution in [0.5, 0.6) is 0 Å². The summed E-state index contributed by atoms with van der Waals surface area (Å²) in [6.07, 6.45) is -0.757. The number of aliphatic hydroxyl groups is 2. The first kappa shape index (κ1) is 26.9. The van der Waals surface area contributed by atoms with Crippen LogP contribution in [0.1, 0.15) is 38.3 Å². The molecule has 4 N–H and O–H groups in total.